The number of benzene rings is 3. The Morgan fingerprint density at radius 2 is 1.19 bits per heavy atom. The maximum absolute atomic E-state index is 12.5. The molecule has 0 aliphatic carbocycles. The van der Waals surface area contributed by atoms with E-state index in [1.54, 1.807) is 66.7 Å². The van der Waals surface area contributed by atoms with Crippen molar-refractivity contribution < 1.29 is 19.1 Å². The Kier molecular flexibility index (Phi) is 5.80. The van der Waals surface area contributed by atoms with E-state index in [4.69, 9.17) is 9.47 Å². The highest BCUT2D eigenvalue weighted by molar-refractivity contribution is 5.97. The number of ether oxygens (including phenoxy) is 2. The molecule has 27 heavy (non-hydrogen) atoms. The van der Waals surface area contributed by atoms with Gasteiger partial charge < -0.3 is 9.47 Å². The molecule has 0 bridgehead atoms. The van der Waals surface area contributed by atoms with Crippen molar-refractivity contribution in [2.75, 3.05) is 0 Å². The molecule has 0 heterocycles. The summed E-state index contributed by atoms with van der Waals surface area (Å²) in [4.78, 5) is 25.0. The molecule has 0 atom stereocenters. The molecule has 0 aromatic heterocycles. The predicted molar refractivity (Wildman–Crippen MR) is 103 cm³/mol. The molecule has 0 saturated carbocycles. The molecular formula is C23H18O4. The lowest BCUT2D eigenvalue weighted by Gasteiger charge is -2.09. The van der Waals surface area contributed by atoms with Gasteiger partial charge in [0.25, 0.3) is 0 Å². The van der Waals surface area contributed by atoms with Gasteiger partial charge in [-0.05, 0) is 54.4 Å². The maximum atomic E-state index is 12.5. The molecule has 3 rings (SSSR count). The molecule has 134 valence electrons. The standard InChI is InChI=1S/C23H18O4/c1-2-9-17-14-18(22(24)26-20-10-5-3-6-11-20)16-19(15-17)23(25)27-21-12-7-4-8-13-21/h2-8,10-16H,1,9H2. The van der Waals surface area contributed by atoms with E-state index in [9.17, 15) is 9.59 Å². The van der Waals surface area contributed by atoms with E-state index < -0.39 is 11.9 Å². The molecule has 0 aliphatic heterocycles. The van der Waals surface area contributed by atoms with Crippen LogP contribution >= 0.6 is 0 Å². The van der Waals surface area contributed by atoms with E-state index in [-0.39, 0.29) is 11.1 Å². The van der Waals surface area contributed by atoms with Gasteiger partial charge >= 0.3 is 11.9 Å². The summed E-state index contributed by atoms with van der Waals surface area (Å²) in [6, 6.07) is 22.4. The lowest BCUT2D eigenvalue weighted by Crippen LogP contribution is -2.13. The number of para-hydroxylation sites is 2. The number of allylic oxidation sites excluding steroid dienone is 1. The summed E-state index contributed by atoms with van der Waals surface area (Å²) in [6.45, 7) is 3.71. The summed E-state index contributed by atoms with van der Waals surface area (Å²) in [5, 5.41) is 0. The smallest absolute Gasteiger partial charge is 0.343 e. The van der Waals surface area contributed by atoms with Gasteiger partial charge in [-0.15, -0.1) is 6.58 Å². The zero-order valence-electron chi connectivity index (χ0n) is 14.6. The zero-order valence-corrected chi connectivity index (χ0v) is 14.6. The van der Waals surface area contributed by atoms with Crippen LogP contribution in [0.15, 0.2) is 91.5 Å². The minimum Gasteiger partial charge on any atom is -0.423 e. The molecule has 0 aliphatic rings. The van der Waals surface area contributed by atoms with Gasteiger partial charge in [-0.3, -0.25) is 0 Å². The Morgan fingerprint density at radius 1 is 0.741 bits per heavy atom. The summed E-state index contributed by atoms with van der Waals surface area (Å²) in [7, 11) is 0. The van der Waals surface area contributed by atoms with Gasteiger partial charge in [0.05, 0.1) is 11.1 Å². The van der Waals surface area contributed by atoms with Crippen LogP contribution in [-0.2, 0) is 6.42 Å². The molecule has 0 radical (unpaired) electrons. The highest BCUT2D eigenvalue weighted by Crippen LogP contribution is 2.18. The van der Waals surface area contributed by atoms with Crippen LogP contribution in [0, 0.1) is 0 Å². The van der Waals surface area contributed by atoms with Gasteiger partial charge in [-0.1, -0.05) is 42.5 Å². The third kappa shape index (κ3) is 4.92. The van der Waals surface area contributed by atoms with Gasteiger partial charge in [0.2, 0.25) is 0 Å². The third-order valence-electron chi connectivity index (χ3n) is 3.75. The quantitative estimate of drug-likeness (QED) is 0.359. The molecule has 0 amide bonds. The lowest BCUT2D eigenvalue weighted by atomic mass is 10.0. The molecule has 3 aromatic rings. The fraction of sp³-hybridized carbons (Fsp3) is 0.0435. The first-order chi connectivity index (χ1) is 13.2. The number of rotatable bonds is 6. The van der Waals surface area contributed by atoms with Gasteiger partial charge in [-0.25, -0.2) is 9.59 Å². The Bertz CT molecular complexity index is 875. The highest BCUT2D eigenvalue weighted by Gasteiger charge is 2.16. The molecule has 0 saturated heterocycles. The maximum Gasteiger partial charge on any atom is 0.343 e. The van der Waals surface area contributed by atoms with Crippen molar-refractivity contribution in [1.29, 1.82) is 0 Å². The van der Waals surface area contributed by atoms with Crippen LogP contribution in [0.2, 0.25) is 0 Å². The minimum atomic E-state index is -0.541. The molecule has 0 spiro atoms. The zero-order chi connectivity index (χ0) is 19.1. The predicted octanol–water partition coefficient (Wildman–Crippen LogP) is 4.85. The van der Waals surface area contributed by atoms with E-state index in [1.807, 2.05) is 12.1 Å². The number of esters is 2. The fourth-order valence-electron chi connectivity index (χ4n) is 2.52. The van der Waals surface area contributed by atoms with Gasteiger partial charge in [0.1, 0.15) is 11.5 Å². The second kappa shape index (κ2) is 8.63. The molecule has 3 aromatic carbocycles. The molecule has 4 heteroatoms. The monoisotopic (exact) mass is 358 g/mol. The third-order valence-corrected chi connectivity index (χ3v) is 3.75. The van der Waals surface area contributed by atoms with Crippen molar-refractivity contribution in [2.45, 2.75) is 6.42 Å². The van der Waals surface area contributed by atoms with Crippen LogP contribution in [0.3, 0.4) is 0 Å². The Balaban J connectivity index is 1.86. The topological polar surface area (TPSA) is 52.6 Å². The summed E-state index contributed by atoms with van der Waals surface area (Å²) in [5.74, 6) is -0.211. The van der Waals surface area contributed by atoms with Crippen LogP contribution in [-0.4, -0.2) is 11.9 Å². The van der Waals surface area contributed by atoms with Crippen molar-refractivity contribution in [3.63, 3.8) is 0 Å². The van der Waals surface area contributed by atoms with E-state index in [1.165, 1.54) is 6.07 Å². The Hall–Kier alpha value is -3.66. The SMILES string of the molecule is C=CCc1cc(C(=O)Oc2ccccc2)cc(C(=O)Oc2ccccc2)c1. The summed E-state index contributed by atoms with van der Waals surface area (Å²) >= 11 is 0. The number of carbonyl (C=O) groups is 2. The average Bonchev–Trinajstić information content (AvgIpc) is 2.69. The second-order valence-electron chi connectivity index (χ2n) is 5.82. The minimum absolute atomic E-state index is 0.276. The summed E-state index contributed by atoms with van der Waals surface area (Å²) < 4.78 is 10.7. The van der Waals surface area contributed by atoms with E-state index in [2.05, 4.69) is 6.58 Å². The summed E-state index contributed by atoms with van der Waals surface area (Å²) in [5.41, 5.74) is 1.32. The van der Waals surface area contributed by atoms with Crippen molar-refractivity contribution in [2.24, 2.45) is 0 Å². The van der Waals surface area contributed by atoms with Gasteiger partial charge in [0, 0.05) is 0 Å². The average molecular weight is 358 g/mol. The van der Waals surface area contributed by atoms with Crippen molar-refractivity contribution in [3.8, 4) is 11.5 Å². The second-order valence-corrected chi connectivity index (χ2v) is 5.82. The first-order valence-corrected chi connectivity index (χ1v) is 8.45. The Labute approximate surface area is 157 Å². The number of carbonyl (C=O) groups excluding carboxylic acids is 2. The normalized spacial score (nSPS) is 10.1. The van der Waals surface area contributed by atoms with E-state index >= 15 is 0 Å². The fourth-order valence-corrected chi connectivity index (χ4v) is 2.52. The van der Waals surface area contributed by atoms with Crippen LogP contribution in [0.1, 0.15) is 26.3 Å². The highest BCUT2D eigenvalue weighted by atomic mass is 16.5. The Morgan fingerprint density at radius 3 is 1.59 bits per heavy atom. The van der Waals surface area contributed by atoms with Gasteiger partial charge in [0.15, 0.2) is 0 Å². The van der Waals surface area contributed by atoms with Gasteiger partial charge in [-0.2, -0.15) is 0 Å². The first kappa shape index (κ1) is 18.1. The number of hydrogen-bond acceptors (Lipinski definition) is 4. The molecule has 4 nitrogen and oxygen atoms in total. The van der Waals surface area contributed by atoms with Crippen LogP contribution in [0.25, 0.3) is 0 Å². The van der Waals surface area contributed by atoms with Crippen molar-refractivity contribution in [1.82, 2.24) is 0 Å². The molecular weight excluding hydrogens is 340 g/mol. The van der Waals surface area contributed by atoms with Crippen LogP contribution in [0.4, 0.5) is 0 Å². The lowest BCUT2D eigenvalue weighted by molar-refractivity contribution is 0.0734. The largest absolute Gasteiger partial charge is 0.423 e. The number of hydrogen-bond donors (Lipinski definition) is 0. The summed E-state index contributed by atoms with van der Waals surface area (Å²) in [6.07, 6.45) is 2.21. The van der Waals surface area contributed by atoms with Crippen LogP contribution < -0.4 is 9.47 Å². The van der Waals surface area contributed by atoms with E-state index in [0.29, 0.717) is 17.9 Å². The molecule has 0 unspecified atom stereocenters. The van der Waals surface area contributed by atoms with Crippen molar-refractivity contribution in [3.05, 3.63) is 108 Å². The van der Waals surface area contributed by atoms with E-state index in [0.717, 1.165) is 5.56 Å². The molecule has 0 N–H and O–H groups in total. The van der Waals surface area contributed by atoms with Crippen molar-refractivity contribution >= 4 is 11.9 Å². The molecule has 0 fully saturated rings. The first-order valence-electron chi connectivity index (χ1n) is 8.45. The van der Waals surface area contributed by atoms with Crippen LogP contribution in [0.5, 0.6) is 11.5 Å².